The molecular weight excluding hydrogens is 293 g/mol. The Kier molecular flexibility index (Phi) is 3.87. The Bertz CT molecular complexity index is 717. The van der Waals surface area contributed by atoms with E-state index in [1.54, 1.807) is 0 Å². The fraction of sp³-hybridized carbons (Fsp3) is 0.0909. The summed E-state index contributed by atoms with van der Waals surface area (Å²) in [5, 5.41) is 17.3. The first-order valence-corrected chi connectivity index (χ1v) is 5.45. The lowest BCUT2D eigenvalue weighted by atomic mass is 10.2. The summed E-state index contributed by atoms with van der Waals surface area (Å²) >= 11 is 0. The molecule has 7 nitrogen and oxygen atoms in total. The first-order chi connectivity index (χ1) is 9.88. The average molecular weight is 300 g/mol. The number of halogens is 3. The van der Waals surface area contributed by atoms with Crippen molar-refractivity contribution in [3.8, 4) is 0 Å². The van der Waals surface area contributed by atoms with Gasteiger partial charge in [0, 0.05) is 0 Å². The van der Waals surface area contributed by atoms with Crippen LogP contribution >= 0.6 is 0 Å². The van der Waals surface area contributed by atoms with Gasteiger partial charge in [-0.2, -0.15) is 0 Å². The maximum absolute atomic E-state index is 13.3. The van der Waals surface area contributed by atoms with E-state index < -0.39 is 41.6 Å². The normalized spacial score (nSPS) is 10.4. The van der Waals surface area contributed by atoms with E-state index >= 15 is 0 Å². The molecule has 2 rings (SSSR count). The Morgan fingerprint density at radius 1 is 1.24 bits per heavy atom. The van der Waals surface area contributed by atoms with Crippen molar-refractivity contribution in [1.82, 2.24) is 15.0 Å². The lowest BCUT2D eigenvalue weighted by Crippen LogP contribution is -2.20. The summed E-state index contributed by atoms with van der Waals surface area (Å²) in [4.78, 5) is 22.1. The molecule has 1 amide bonds. The minimum Gasteiger partial charge on any atom is -0.476 e. The van der Waals surface area contributed by atoms with Crippen molar-refractivity contribution in [3.63, 3.8) is 0 Å². The third kappa shape index (κ3) is 3.16. The highest BCUT2D eigenvalue weighted by atomic mass is 19.2. The van der Waals surface area contributed by atoms with Crippen LogP contribution in [0.3, 0.4) is 0 Å². The molecule has 1 aromatic heterocycles. The summed E-state index contributed by atoms with van der Waals surface area (Å²) in [6, 6.07) is 1.52. The number of rotatable bonds is 4. The van der Waals surface area contributed by atoms with E-state index in [1.165, 1.54) is 0 Å². The number of anilines is 1. The zero-order chi connectivity index (χ0) is 15.6. The van der Waals surface area contributed by atoms with Crippen LogP contribution in [0, 0.1) is 17.5 Å². The Balaban J connectivity index is 2.08. The molecule has 0 spiro atoms. The SMILES string of the molecule is O=C(Cn1cc(C(=O)O)nn1)Nc1ccc(F)c(F)c1F. The molecule has 0 fully saturated rings. The number of carbonyl (C=O) groups excluding carboxylic acids is 1. The van der Waals surface area contributed by atoms with Gasteiger partial charge in [0.05, 0.1) is 11.9 Å². The van der Waals surface area contributed by atoms with Crippen LogP contribution in [0.25, 0.3) is 0 Å². The zero-order valence-electron chi connectivity index (χ0n) is 10.2. The lowest BCUT2D eigenvalue weighted by molar-refractivity contribution is -0.117. The second kappa shape index (κ2) is 5.61. The van der Waals surface area contributed by atoms with E-state index in [9.17, 15) is 22.8 Å². The van der Waals surface area contributed by atoms with Crippen LogP contribution in [0.5, 0.6) is 0 Å². The Hall–Kier alpha value is -2.91. The molecule has 21 heavy (non-hydrogen) atoms. The highest BCUT2D eigenvalue weighted by molar-refractivity contribution is 5.90. The van der Waals surface area contributed by atoms with Crippen LogP contribution in [-0.4, -0.2) is 32.0 Å². The molecule has 2 aromatic rings. The summed E-state index contributed by atoms with van der Waals surface area (Å²) < 4.78 is 39.9. The number of carboxylic acid groups (broad SMARTS) is 1. The van der Waals surface area contributed by atoms with Crippen LogP contribution in [0.4, 0.5) is 18.9 Å². The minimum absolute atomic E-state index is 0.373. The van der Waals surface area contributed by atoms with Gasteiger partial charge in [0.2, 0.25) is 5.91 Å². The van der Waals surface area contributed by atoms with Gasteiger partial charge in [-0.3, -0.25) is 4.79 Å². The molecule has 0 saturated heterocycles. The molecule has 1 heterocycles. The van der Waals surface area contributed by atoms with Crippen LogP contribution in [0.1, 0.15) is 10.5 Å². The predicted octanol–water partition coefficient (Wildman–Crippen LogP) is 1.03. The van der Waals surface area contributed by atoms with Crippen molar-refractivity contribution in [2.75, 3.05) is 5.32 Å². The van der Waals surface area contributed by atoms with Crippen molar-refractivity contribution in [2.24, 2.45) is 0 Å². The number of benzene rings is 1. The first-order valence-electron chi connectivity index (χ1n) is 5.45. The third-order valence-electron chi connectivity index (χ3n) is 2.37. The zero-order valence-corrected chi connectivity index (χ0v) is 10.2. The first kappa shape index (κ1) is 14.5. The van der Waals surface area contributed by atoms with Gasteiger partial charge in [0.25, 0.3) is 0 Å². The van der Waals surface area contributed by atoms with Gasteiger partial charge in [-0.15, -0.1) is 5.10 Å². The third-order valence-corrected chi connectivity index (χ3v) is 2.37. The fourth-order valence-corrected chi connectivity index (χ4v) is 1.43. The number of amides is 1. The number of nitrogens with zero attached hydrogens (tertiary/aromatic N) is 3. The maximum Gasteiger partial charge on any atom is 0.358 e. The van der Waals surface area contributed by atoms with Crippen LogP contribution in [0.15, 0.2) is 18.3 Å². The molecule has 1 aromatic carbocycles. The van der Waals surface area contributed by atoms with Crippen molar-refractivity contribution < 1.29 is 27.9 Å². The fourth-order valence-electron chi connectivity index (χ4n) is 1.43. The molecule has 110 valence electrons. The van der Waals surface area contributed by atoms with E-state index in [0.29, 0.717) is 6.07 Å². The van der Waals surface area contributed by atoms with E-state index in [1.807, 2.05) is 5.32 Å². The van der Waals surface area contributed by atoms with Gasteiger partial charge in [-0.25, -0.2) is 22.6 Å². The van der Waals surface area contributed by atoms with Gasteiger partial charge < -0.3 is 10.4 Å². The predicted molar refractivity (Wildman–Crippen MR) is 61.9 cm³/mol. The van der Waals surface area contributed by atoms with Crippen LogP contribution in [0.2, 0.25) is 0 Å². The number of nitrogens with one attached hydrogen (secondary N) is 1. The summed E-state index contributed by atoms with van der Waals surface area (Å²) in [5.74, 6) is -6.77. The number of hydrogen-bond donors (Lipinski definition) is 2. The number of aromatic nitrogens is 3. The Morgan fingerprint density at radius 3 is 2.57 bits per heavy atom. The highest BCUT2D eigenvalue weighted by Gasteiger charge is 2.16. The maximum atomic E-state index is 13.3. The van der Waals surface area contributed by atoms with E-state index in [0.717, 1.165) is 16.9 Å². The smallest absolute Gasteiger partial charge is 0.358 e. The molecule has 0 aliphatic rings. The molecule has 0 aliphatic carbocycles. The molecule has 0 bridgehead atoms. The quantitative estimate of drug-likeness (QED) is 0.822. The number of aromatic carboxylic acids is 1. The van der Waals surface area contributed by atoms with Gasteiger partial charge in [0.15, 0.2) is 23.1 Å². The molecule has 0 radical (unpaired) electrons. The van der Waals surface area contributed by atoms with Crippen molar-refractivity contribution in [2.45, 2.75) is 6.54 Å². The summed E-state index contributed by atoms with van der Waals surface area (Å²) in [6.07, 6.45) is 0.990. The van der Waals surface area contributed by atoms with Gasteiger partial charge >= 0.3 is 5.97 Å². The van der Waals surface area contributed by atoms with Gasteiger partial charge in [0.1, 0.15) is 6.54 Å². The standard InChI is InChI=1S/C11H7F3N4O3/c12-5-1-2-6(10(14)9(5)13)15-8(19)4-18-3-7(11(20)21)16-17-18/h1-3H,4H2,(H,15,19)(H,20,21). The molecular formula is C11H7F3N4O3. The van der Waals surface area contributed by atoms with E-state index in [2.05, 4.69) is 10.3 Å². The molecule has 10 heteroatoms. The largest absolute Gasteiger partial charge is 0.476 e. The molecule has 0 aliphatic heterocycles. The average Bonchev–Trinajstić information content (AvgIpc) is 2.88. The summed E-state index contributed by atoms with van der Waals surface area (Å²) in [5.41, 5.74) is -0.917. The number of hydrogen-bond acceptors (Lipinski definition) is 4. The highest BCUT2D eigenvalue weighted by Crippen LogP contribution is 2.19. The van der Waals surface area contributed by atoms with Gasteiger partial charge in [-0.1, -0.05) is 5.21 Å². The topological polar surface area (TPSA) is 97.1 Å². The molecule has 0 atom stereocenters. The Morgan fingerprint density at radius 2 is 1.95 bits per heavy atom. The van der Waals surface area contributed by atoms with Gasteiger partial charge in [-0.05, 0) is 12.1 Å². The Labute approximate surface area is 115 Å². The van der Waals surface area contributed by atoms with E-state index in [4.69, 9.17) is 5.11 Å². The minimum atomic E-state index is -1.71. The summed E-state index contributed by atoms with van der Waals surface area (Å²) in [7, 11) is 0. The van der Waals surface area contributed by atoms with Crippen molar-refractivity contribution in [1.29, 1.82) is 0 Å². The molecule has 0 saturated carbocycles. The van der Waals surface area contributed by atoms with Crippen molar-refractivity contribution >= 4 is 17.6 Å². The summed E-state index contributed by atoms with van der Waals surface area (Å²) in [6.45, 7) is -0.473. The number of carboxylic acids is 1. The molecule has 0 unspecified atom stereocenters. The van der Waals surface area contributed by atoms with Crippen LogP contribution < -0.4 is 5.32 Å². The number of carbonyl (C=O) groups is 2. The van der Waals surface area contributed by atoms with Crippen LogP contribution in [-0.2, 0) is 11.3 Å². The lowest BCUT2D eigenvalue weighted by Gasteiger charge is -2.07. The second-order valence-corrected chi connectivity index (χ2v) is 3.88. The molecule has 2 N–H and O–H groups in total. The second-order valence-electron chi connectivity index (χ2n) is 3.88. The van der Waals surface area contributed by atoms with E-state index in [-0.39, 0.29) is 5.69 Å². The van der Waals surface area contributed by atoms with Crippen molar-refractivity contribution in [3.05, 3.63) is 41.5 Å². The monoisotopic (exact) mass is 300 g/mol.